The van der Waals surface area contributed by atoms with Gasteiger partial charge in [0.15, 0.2) is 12.6 Å². The lowest BCUT2D eigenvalue weighted by atomic mass is 9.97. The summed E-state index contributed by atoms with van der Waals surface area (Å²) in [4.78, 5) is 13.2. The fourth-order valence-electron chi connectivity index (χ4n) is 9.26. The van der Waals surface area contributed by atoms with E-state index in [0.29, 0.717) is 12.8 Å². The molecule has 14 heteroatoms. The van der Waals surface area contributed by atoms with Gasteiger partial charge < -0.3 is 65.1 Å². The number of aliphatic hydroxyl groups is 8. The average molecular weight is 1120 g/mol. The number of nitrogens with one attached hydrogen (secondary N) is 1. The smallest absolute Gasteiger partial charge is 0.220 e. The first-order valence-corrected chi connectivity index (χ1v) is 30.8. The second kappa shape index (κ2) is 50.0. The summed E-state index contributed by atoms with van der Waals surface area (Å²) in [6, 6.07) is -0.838. The van der Waals surface area contributed by atoms with Gasteiger partial charge in [0.25, 0.3) is 0 Å². The summed E-state index contributed by atoms with van der Waals surface area (Å²) in [5.74, 6) is -0.226. The van der Waals surface area contributed by atoms with Crippen molar-refractivity contribution < 1.29 is 64.6 Å². The molecule has 0 aromatic rings. The van der Waals surface area contributed by atoms with Crippen LogP contribution in [-0.4, -0.2) is 140 Å². The lowest BCUT2D eigenvalue weighted by molar-refractivity contribution is -0.359. The van der Waals surface area contributed by atoms with E-state index in [1.807, 2.05) is 0 Å². The number of unbranched alkanes of at least 4 members (excludes halogenated alkanes) is 14. The molecule has 9 N–H and O–H groups in total. The minimum Gasteiger partial charge on any atom is -0.394 e. The van der Waals surface area contributed by atoms with Crippen molar-refractivity contribution in [2.75, 3.05) is 19.8 Å². The molecule has 0 aliphatic carbocycles. The molecule has 0 saturated carbocycles. The zero-order chi connectivity index (χ0) is 58.1. The van der Waals surface area contributed by atoms with E-state index in [0.717, 1.165) is 128 Å². The monoisotopic (exact) mass is 1120 g/mol. The summed E-state index contributed by atoms with van der Waals surface area (Å²) in [7, 11) is 0. The first-order chi connectivity index (χ1) is 39.1. The fraction of sp³-hybridized carbons (Fsp3) is 0.682. The maximum absolute atomic E-state index is 13.2. The third-order valence-corrected chi connectivity index (χ3v) is 14.2. The van der Waals surface area contributed by atoms with Crippen molar-refractivity contribution >= 4 is 5.91 Å². The van der Waals surface area contributed by atoms with E-state index in [9.17, 15) is 45.6 Å². The van der Waals surface area contributed by atoms with Crippen LogP contribution in [0.1, 0.15) is 194 Å². The molecule has 2 rings (SSSR count). The number of rotatable bonds is 47. The molecule has 2 fully saturated rings. The van der Waals surface area contributed by atoms with Crippen LogP contribution in [0.4, 0.5) is 0 Å². The van der Waals surface area contributed by atoms with Gasteiger partial charge in [0.1, 0.15) is 48.8 Å². The Bertz CT molecular complexity index is 1800. The van der Waals surface area contributed by atoms with Crippen molar-refractivity contribution in [2.45, 2.75) is 267 Å². The average Bonchev–Trinajstić information content (AvgIpc) is 3.48. The molecule has 0 aromatic carbocycles. The van der Waals surface area contributed by atoms with Crippen LogP contribution < -0.4 is 5.32 Å². The van der Waals surface area contributed by atoms with Crippen LogP contribution in [0.25, 0.3) is 0 Å². The Hall–Kier alpha value is -3.61. The lowest BCUT2D eigenvalue weighted by Gasteiger charge is -2.46. The van der Waals surface area contributed by atoms with Gasteiger partial charge in [-0.1, -0.05) is 219 Å². The number of hydrogen-bond donors (Lipinski definition) is 9. The molecule has 2 heterocycles. The molecule has 80 heavy (non-hydrogen) atoms. The Kier molecular flexibility index (Phi) is 45.3. The van der Waals surface area contributed by atoms with E-state index >= 15 is 0 Å². The lowest BCUT2D eigenvalue weighted by Crippen LogP contribution is -2.65. The van der Waals surface area contributed by atoms with Crippen LogP contribution in [0.15, 0.2) is 122 Å². The van der Waals surface area contributed by atoms with E-state index in [2.05, 4.69) is 141 Å². The number of hydrogen-bond acceptors (Lipinski definition) is 13. The van der Waals surface area contributed by atoms with Crippen molar-refractivity contribution in [3.05, 3.63) is 122 Å². The highest BCUT2D eigenvalue weighted by molar-refractivity contribution is 5.76. The number of carbonyl (C=O) groups is 1. The van der Waals surface area contributed by atoms with Gasteiger partial charge in [-0.3, -0.25) is 4.79 Å². The van der Waals surface area contributed by atoms with Crippen molar-refractivity contribution in [2.24, 2.45) is 0 Å². The highest BCUT2D eigenvalue weighted by Crippen LogP contribution is 2.30. The number of carbonyl (C=O) groups excluding carboxylic acids is 1. The van der Waals surface area contributed by atoms with E-state index in [1.54, 1.807) is 0 Å². The van der Waals surface area contributed by atoms with E-state index in [-0.39, 0.29) is 18.9 Å². The predicted octanol–water partition coefficient (Wildman–Crippen LogP) is 11.0. The largest absolute Gasteiger partial charge is 0.394 e. The highest BCUT2D eigenvalue weighted by Gasteiger charge is 2.51. The summed E-state index contributed by atoms with van der Waals surface area (Å²) in [6.07, 6.45) is 55.4. The van der Waals surface area contributed by atoms with Gasteiger partial charge in [0, 0.05) is 6.42 Å². The molecule has 2 aliphatic rings. The molecular formula is C66H109NO13. The van der Waals surface area contributed by atoms with Crippen LogP contribution in [0.5, 0.6) is 0 Å². The summed E-state index contributed by atoms with van der Waals surface area (Å²) >= 11 is 0. The molecule has 0 radical (unpaired) electrons. The van der Waals surface area contributed by atoms with Gasteiger partial charge in [-0.25, -0.2) is 0 Å². The molecule has 0 spiro atoms. The van der Waals surface area contributed by atoms with E-state index in [4.69, 9.17) is 18.9 Å². The van der Waals surface area contributed by atoms with Crippen LogP contribution >= 0.6 is 0 Å². The highest BCUT2D eigenvalue weighted by atomic mass is 16.7. The molecule has 12 atom stereocenters. The van der Waals surface area contributed by atoms with Gasteiger partial charge >= 0.3 is 0 Å². The van der Waals surface area contributed by atoms with E-state index < -0.39 is 86.8 Å². The van der Waals surface area contributed by atoms with Crippen LogP contribution in [0, 0.1) is 0 Å². The number of allylic oxidation sites excluding steroid dienone is 20. The predicted molar refractivity (Wildman–Crippen MR) is 322 cm³/mol. The van der Waals surface area contributed by atoms with Gasteiger partial charge in [-0.05, 0) is 89.9 Å². The summed E-state index contributed by atoms with van der Waals surface area (Å²) in [5.41, 5.74) is 0. The number of amides is 1. The van der Waals surface area contributed by atoms with E-state index in [1.165, 1.54) is 32.1 Å². The van der Waals surface area contributed by atoms with Crippen molar-refractivity contribution in [3.8, 4) is 0 Å². The SMILES string of the molecule is CC/C=C\C/C=C\C/C=C\C/C=C\C/C=C\C/C=C\C/C=C\C/C=C\C/C=C\C/C=C\CCCCCCCCCCC(=O)NC(COC1OC(CO)C(OC2OC(CO)C(O)C(O)C2O)C(O)C1O)C(O)CCCCCCCCC. The Labute approximate surface area is 482 Å². The fourth-order valence-corrected chi connectivity index (χ4v) is 9.26. The first kappa shape index (κ1) is 72.5. The zero-order valence-corrected chi connectivity index (χ0v) is 49.0. The number of ether oxygens (including phenoxy) is 4. The third-order valence-electron chi connectivity index (χ3n) is 14.2. The molecule has 0 aromatic heterocycles. The first-order valence-electron chi connectivity index (χ1n) is 30.8. The Balaban J connectivity index is 1.58. The third kappa shape index (κ3) is 34.7. The Morgan fingerprint density at radius 1 is 0.463 bits per heavy atom. The maximum Gasteiger partial charge on any atom is 0.220 e. The van der Waals surface area contributed by atoms with Gasteiger partial charge in [0.2, 0.25) is 5.91 Å². The maximum atomic E-state index is 13.2. The zero-order valence-electron chi connectivity index (χ0n) is 49.0. The quantitative estimate of drug-likeness (QED) is 0.0204. The molecule has 456 valence electrons. The standard InChI is InChI=1S/C66H109NO13/c1-3-5-7-9-11-12-13-14-15-16-17-18-19-20-21-22-23-24-25-26-27-28-29-30-31-32-33-34-35-36-37-38-39-40-41-42-44-46-48-50-58(71)67-54(55(70)49-47-45-43-10-8-6-4-2)53-77-65-63(76)61(74)64(57(52-69)79-65)80-66-62(75)60(73)59(72)56(51-68)78-66/h5,7,11-12,14-15,17-18,20-21,23-24,26-27,29-30,32-33,35-36,54-57,59-66,68-70,72-76H,3-4,6,8-10,13,16,19,22,25,28,31,34,37-53H2,1-2H3,(H,67,71)/b7-5-,12-11-,15-14-,18-17-,21-20-,24-23-,27-26-,30-29-,33-32-,36-35-. The minimum absolute atomic E-state index is 0.226. The topological polar surface area (TPSA) is 228 Å². The second-order valence-corrected chi connectivity index (χ2v) is 21.1. The second-order valence-electron chi connectivity index (χ2n) is 21.1. The van der Waals surface area contributed by atoms with Gasteiger partial charge in [0.05, 0.1) is 32.0 Å². The number of aliphatic hydroxyl groups excluding tert-OH is 8. The van der Waals surface area contributed by atoms with Crippen molar-refractivity contribution in [1.29, 1.82) is 0 Å². The molecule has 0 bridgehead atoms. The van der Waals surface area contributed by atoms with Crippen LogP contribution in [0.3, 0.4) is 0 Å². The molecule has 2 aliphatic heterocycles. The summed E-state index contributed by atoms with van der Waals surface area (Å²) < 4.78 is 22.7. The molecule has 12 unspecified atom stereocenters. The molecule has 2 saturated heterocycles. The normalized spacial score (nSPS) is 25.1. The van der Waals surface area contributed by atoms with Crippen molar-refractivity contribution in [3.63, 3.8) is 0 Å². The molecule has 1 amide bonds. The Morgan fingerprint density at radius 3 is 1.32 bits per heavy atom. The van der Waals surface area contributed by atoms with Crippen molar-refractivity contribution in [1.82, 2.24) is 5.32 Å². The minimum atomic E-state index is -1.79. The summed E-state index contributed by atoms with van der Waals surface area (Å²) in [5, 5.41) is 86.8. The molecule has 14 nitrogen and oxygen atoms in total. The van der Waals surface area contributed by atoms with Gasteiger partial charge in [-0.2, -0.15) is 0 Å². The van der Waals surface area contributed by atoms with Crippen LogP contribution in [-0.2, 0) is 23.7 Å². The Morgan fingerprint density at radius 2 is 0.863 bits per heavy atom. The van der Waals surface area contributed by atoms with Gasteiger partial charge in [-0.15, -0.1) is 0 Å². The van der Waals surface area contributed by atoms with Crippen LogP contribution in [0.2, 0.25) is 0 Å². The summed E-state index contributed by atoms with van der Waals surface area (Å²) in [6.45, 7) is 2.65. The molecular weight excluding hydrogens is 1010 g/mol.